The highest BCUT2D eigenvalue weighted by Crippen LogP contribution is 2.29. The largest absolute Gasteiger partial charge is 0.325 e. The number of carbonyl (C=O) groups is 1. The summed E-state index contributed by atoms with van der Waals surface area (Å²) in [4.78, 5) is 12.2. The number of hydrogen-bond donors (Lipinski definition) is 1. The van der Waals surface area contributed by atoms with Crippen molar-refractivity contribution in [3.05, 3.63) is 58.6 Å². The molecule has 1 amide bonds. The Hall–Kier alpha value is -2.02. The van der Waals surface area contributed by atoms with E-state index in [0.717, 1.165) is 5.56 Å². The lowest BCUT2D eigenvalue weighted by atomic mass is 10.2. The van der Waals surface area contributed by atoms with Gasteiger partial charge in [0.1, 0.15) is 0 Å². The van der Waals surface area contributed by atoms with Gasteiger partial charge in [-0.2, -0.15) is 0 Å². The van der Waals surface area contributed by atoms with Crippen molar-refractivity contribution >= 4 is 46.6 Å². The number of thioether (sulfide) groups is 1. The number of nitrogens with zero attached hydrogens (tertiary/aromatic N) is 3. The van der Waals surface area contributed by atoms with Gasteiger partial charge in [-0.15, -0.1) is 10.2 Å². The van der Waals surface area contributed by atoms with Crippen molar-refractivity contribution in [2.24, 2.45) is 0 Å². The van der Waals surface area contributed by atoms with Gasteiger partial charge >= 0.3 is 0 Å². The van der Waals surface area contributed by atoms with Gasteiger partial charge in [-0.05, 0) is 37.3 Å². The van der Waals surface area contributed by atoms with Gasteiger partial charge < -0.3 is 9.88 Å². The molecular formula is C18H16Cl2N4OS. The number of halogens is 2. The minimum atomic E-state index is -0.137. The van der Waals surface area contributed by atoms with Gasteiger partial charge in [-0.1, -0.05) is 53.2 Å². The molecule has 0 fully saturated rings. The second-order valence-corrected chi connectivity index (χ2v) is 7.16. The first kappa shape index (κ1) is 18.8. The number of hydrogen-bond acceptors (Lipinski definition) is 4. The molecule has 0 unspecified atom stereocenters. The third-order valence-electron chi connectivity index (χ3n) is 3.59. The molecule has 8 heteroatoms. The zero-order chi connectivity index (χ0) is 18.5. The maximum Gasteiger partial charge on any atom is 0.234 e. The zero-order valence-corrected chi connectivity index (χ0v) is 16.3. The van der Waals surface area contributed by atoms with Crippen molar-refractivity contribution in [1.82, 2.24) is 14.8 Å². The molecule has 134 valence electrons. The minimum Gasteiger partial charge on any atom is -0.325 e. The van der Waals surface area contributed by atoms with Crippen LogP contribution in [0.5, 0.6) is 0 Å². The molecule has 1 heterocycles. The Morgan fingerprint density at radius 3 is 2.69 bits per heavy atom. The molecule has 1 N–H and O–H groups in total. The second kappa shape index (κ2) is 8.58. The van der Waals surface area contributed by atoms with Gasteiger partial charge in [-0.25, -0.2) is 0 Å². The molecule has 0 atom stereocenters. The summed E-state index contributed by atoms with van der Waals surface area (Å²) < 4.78 is 1.94. The number of amides is 1. The van der Waals surface area contributed by atoms with Crippen LogP contribution in [0.3, 0.4) is 0 Å². The van der Waals surface area contributed by atoms with Gasteiger partial charge in [0.05, 0.1) is 10.8 Å². The molecule has 0 radical (unpaired) electrons. The van der Waals surface area contributed by atoms with Gasteiger partial charge in [0.15, 0.2) is 11.0 Å². The summed E-state index contributed by atoms with van der Waals surface area (Å²) in [7, 11) is 0. The van der Waals surface area contributed by atoms with Gasteiger partial charge in [0.2, 0.25) is 5.91 Å². The molecule has 0 saturated carbocycles. The van der Waals surface area contributed by atoms with E-state index in [-0.39, 0.29) is 11.7 Å². The third-order valence-corrected chi connectivity index (χ3v) is 5.12. The van der Waals surface area contributed by atoms with Crippen LogP contribution in [-0.2, 0) is 11.3 Å². The molecule has 5 nitrogen and oxygen atoms in total. The first-order valence-corrected chi connectivity index (χ1v) is 9.69. The average molecular weight is 407 g/mol. The van der Waals surface area contributed by atoms with E-state index in [1.807, 2.05) is 35.8 Å². The maximum atomic E-state index is 12.2. The van der Waals surface area contributed by atoms with E-state index in [1.54, 1.807) is 24.3 Å². The van der Waals surface area contributed by atoms with E-state index in [0.29, 0.717) is 33.3 Å². The molecule has 0 saturated heterocycles. The third kappa shape index (κ3) is 4.38. The van der Waals surface area contributed by atoms with Crippen molar-refractivity contribution in [2.45, 2.75) is 18.6 Å². The number of anilines is 1. The first-order valence-electron chi connectivity index (χ1n) is 7.94. The fraction of sp³-hybridized carbons (Fsp3) is 0.167. The van der Waals surface area contributed by atoms with Crippen molar-refractivity contribution in [3.63, 3.8) is 0 Å². The predicted octanol–water partition coefficient (Wildman–Crippen LogP) is 5.00. The summed E-state index contributed by atoms with van der Waals surface area (Å²) in [5.74, 6) is 0.769. The Labute approximate surface area is 165 Å². The van der Waals surface area contributed by atoms with Crippen LogP contribution >= 0.6 is 35.0 Å². The molecule has 3 aromatic rings. The van der Waals surface area contributed by atoms with Gasteiger partial charge in [0.25, 0.3) is 0 Å². The zero-order valence-electron chi connectivity index (χ0n) is 13.9. The van der Waals surface area contributed by atoms with Crippen molar-refractivity contribution < 1.29 is 4.79 Å². The fourth-order valence-electron chi connectivity index (χ4n) is 2.42. The van der Waals surface area contributed by atoms with Crippen LogP contribution in [0.4, 0.5) is 5.69 Å². The normalized spacial score (nSPS) is 10.7. The molecule has 1 aromatic heterocycles. The summed E-state index contributed by atoms with van der Waals surface area (Å²) in [6.07, 6.45) is 0. The van der Waals surface area contributed by atoms with Gasteiger partial charge in [0, 0.05) is 22.8 Å². The summed E-state index contributed by atoms with van der Waals surface area (Å²) in [5, 5.41) is 13.1. The van der Waals surface area contributed by atoms with Gasteiger partial charge in [-0.3, -0.25) is 4.79 Å². The van der Waals surface area contributed by atoms with E-state index in [4.69, 9.17) is 23.2 Å². The van der Waals surface area contributed by atoms with Crippen LogP contribution < -0.4 is 5.32 Å². The minimum absolute atomic E-state index is 0.137. The number of aromatic nitrogens is 3. The second-order valence-electron chi connectivity index (χ2n) is 5.38. The topological polar surface area (TPSA) is 59.8 Å². The summed E-state index contributed by atoms with van der Waals surface area (Å²) in [6, 6.07) is 14.5. The van der Waals surface area contributed by atoms with Crippen LogP contribution in [0.2, 0.25) is 10.0 Å². The smallest absolute Gasteiger partial charge is 0.234 e. The van der Waals surface area contributed by atoms with E-state index in [2.05, 4.69) is 15.5 Å². The Kier molecular flexibility index (Phi) is 6.19. The lowest BCUT2D eigenvalue weighted by Gasteiger charge is -2.09. The monoisotopic (exact) mass is 406 g/mol. The molecule has 26 heavy (non-hydrogen) atoms. The Balaban J connectivity index is 1.71. The maximum absolute atomic E-state index is 12.2. The van der Waals surface area contributed by atoms with E-state index in [9.17, 15) is 4.79 Å². The van der Waals surface area contributed by atoms with Crippen LogP contribution in [0.25, 0.3) is 11.4 Å². The predicted molar refractivity (Wildman–Crippen MR) is 107 cm³/mol. The van der Waals surface area contributed by atoms with Crippen LogP contribution in [0.15, 0.2) is 53.7 Å². The number of rotatable bonds is 6. The Morgan fingerprint density at radius 2 is 1.96 bits per heavy atom. The standard InChI is InChI=1S/C18H16Cl2N4OS/c1-2-24-17(14-8-3-4-9-15(14)20)22-23-18(24)26-11-16(25)21-13-7-5-6-12(19)10-13/h3-10H,2,11H2,1H3,(H,21,25). The highest BCUT2D eigenvalue weighted by Gasteiger charge is 2.16. The quantitative estimate of drug-likeness (QED) is 0.584. The molecule has 0 aliphatic carbocycles. The van der Waals surface area contributed by atoms with Crippen LogP contribution in [-0.4, -0.2) is 26.4 Å². The summed E-state index contributed by atoms with van der Waals surface area (Å²) >= 11 is 13.5. The average Bonchev–Trinajstić information content (AvgIpc) is 3.03. The summed E-state index contributed by atoms with van der Waals surface area (Å²) in [5.41, 5.74) is 1.48. The molecule has 3 rings (SSSR count). The number of nitrogens with one attached hydrogen (secondary N) is 1. The molecular weight excluding hydrogens is 391 g/mol. The first-order chi connectivity index (χ1) is 12.6. The highest BCUT2D eigenvalue weighted by molar-refractivity contribution is 7.99. The Morgan fingerprint density at radius 1 is 1.15 bits per heavy atom. The number of carbonyl (C=O) groups excluding carboxylic acids is 1. The molecule has 0 bridgehead atoms. The highest BCUT2D eigenvalue weighted by atomic mass is 35.5. The SMILES string of the molecule is CCn1c(SCC(=O)Nc2cccc(Cl)c2)nnc1-c1ccccc1Cl. The van der Waals surface area contributed by atoms with Crippen molar-refractivity contribution in [2.75, 3.05) is 11.1 Å². The molecule has 0 spiro atoms. The van der Waals surface area contributed by atoms with Crippen molar-refractivity contribution in [3.8, 4) is 11.4 Å². The van der Waals surface area contributed by atoms with Crippen LogP contribution in [0, 0.1) is 0 Å². The van der Waals surface area contributed by atoms with E-state index in [1.165, 1.54) is 11.8 Å². The number of benzene rings is 2. The van der Waals surface area contributed by atoms with E-state index < -0.39 is 0 Å². The lowest BCUT2D eigenvalue weighted by molar-refractivity contribution is -0.113. The molecule has 0 aliphatic rings. The van der Waals surface area contributed by atoms with Crippen molar-refractivity contribution in [1.29, 1.82) is 0 Å². The van der Waals surface area contributed by atoms with Crippen LogP contribution in [0.1, 0.15) is 6.92 Å². The fourth-order valence-corrected chi connectivity index (χ4v) is 3.63. The lowest BCUT2D eigenvalue weighted by Crippen LogP contribution is -2.14. The Bertz CT molecular complexity index is 929. The summed E-state index contributed by atoms with van der Waals surface area (Å²) in [6.45, 7) is 2.67. The van der Waals surface area contributed by atoms with E-state index >= 15 is 0 Å². The molecule has 2 aromatic carbocycles. The molecule has 0 aliphatic heterocycles.